The molecule has 1 N–H and O–H groups in total. The van der Waals surface area contributed by atoms with Crippen molar-refractivity contribution in [1.29, 1.82) is 0 Å². The Labute approximate surface area is 181 Å². The first-order chi connectivity index (χ1) is 13.8. The molecule has 29 heavy (non-hydrogen) atoms. The van der Waals surface area contributed by atoms with Gasteiger partial charge in [-0.25, -0.2) is 4.79 Å². The van der Waals surface area contributed by atoms with Crippen LogP contribution in [0.25, 0.3) is 0 Å². The number of carbonyl (C=O) groups excluding carboxylic acids is 3. The Balaban J connectivity index is 1.76. The van der Waals surface area contributed by atoms with Crippen LogP contribution in [0.1, 0.15) is 27.7 Å². The molecule has 10 heteroatoms. The number of nitrogens with zero attached hydrogens (tertiary/aromatic N) is 1. The number of fused-ring (bicyclic) bond motifs is 1. The number of rotatable bonds is 5. The van der Waals surface area contributed by atoms with Gasteiger partial charge < -0.3 is 19.7 Å². The molecule has 1 aromatic carbocycles. The summed E-state index contributed by atoms with van der Waals surface area (Å²) in [6, 6.07) is 4.68. The molecule has 0 bridgehead atoms. The first-order valence-electron chi connectivity index (χ1n) is 8.66. The highest BCUT2D eigenvalue weighted by Crippen LogP contribution is 2.37. The average Bonchev–Trinajstić information content (AvgIpc) is 3.03. The lowest BCUT2D eigenvalue weighted by atomic mass is 10.0. The fraction of sp³-hybridized carbons (Fsp3) is 0.316. The third-order valence-electron chi connectivity index (χ3n) is 4.40. The lowest BCUT2D eigenvalue weighted by Gasteiger charge is -2.25. The standard InChI is InChI=1S/C19H18Cl2N2O5S/c1-10(24)23-6-5-12-15(8-23)29-18(17(12)19(26)27-2)22-16(25)9-28-14-4-3-11(20)7-13(14)21/h3-4,7H,5-6,8-9H2,1-2H3,(H,22,25). The van der Waals surface area contributed by atoms with Gasteiger partial charge in [-0.1, -0.05) is 23.2 Å². The van der Waals surface area contributed by atoms with Crippen molar-refractivity contribution in [3.05, 3.63) is 44.2 Å². The number of thiophene rings is 1. The molecule has 0 fully saturated rings. The summed E-state index contributed by atoms with van der Waals surface area (Å²) in [5, 5.41) is 3.83. The van der Waals surface area contributed by atoms with Gasteiger partial charge in [0.1, 0.15) is 10.8 Å². The number of methoxy groups -OCH3 is 1. The van der Waals surface area contributed by atoms with Crippen LogP contribution in [0, 0.1) is 0 Å². The lowest BCUT2D eigenvalue weighted by molar-refractivity contribution is -0.129. The number of nitrogens with one attached hydrogen (secondary N) is 1. The molecule has 0 unspecified atom stereocenters. The fourth-order valence-corrected chi connectivity index (χ4v) is 4.71. The van der Waals surface area contributed by atoms with E-state index in [0.717, 1.165) is 10.4 Å². The number of esters is 1. The van der Waals surface area contributed by atoms with Crippen molar-refractivity contribution in [2.75, 3.05) is 25.6 Å². The lowest BCUT2D eigenvalue weighted by Crippen LogP contribution is -2.33. The molecule has 154 valence electrons. The Hall–Kier alpha value is -2.29. The zero-order valence-electron chi connectivity index (χ0n) is 15.7. The van der Waals surface area contributed by atoms with Gasteiger partial charge in [0.2, 0.25) is 5.91 Å². The maximum Gasteiger partial charge on any atom is 0.341 e. The molecule has 0 spiro atoms. The predicted octanol–water partition coefficient (Wildman–Crippen LogP) is 3.76. The number of amides is 2. The summed E-state index contributed by atoms with van der Waals surface area (Å²) < 4.78 is 10.3. The van der Waals surface area contributed by atoms with Crippen LogP contribution in [0.3, 0.4) is 0 Å². The van der Waals surface area contributed by atoms with E-state index in [1.165, 1.54) is 31.4 Å². The highest BCUT2D eigenvalue weighted by atomic mass is 35.5. The van der Waals surface area contributed by atoms with Gasteiger partial charge in [0.25, 0.3) is 5.91 Å². The quantitative estimate of drug-likeness (QED) is 0.692. The molecule has 0 aliphatic carbocycles. The molecule has 3 rings (SSSR count). The van der Waals surface area contributed by atoms with Gasteiger partial charge >= 0.3 is 5.97 Å². The van der Waals surface area contributed by atoms with Gasteiger partial charge in [-0.15, -0.1) is 11.3 Å². The van der Waals surface area contributed by atoms with Gasteiger partial charge in [-0.05, 0) is 30.2 Å². The van der Waals surface area contributed by atoms with Gasteiger partial charge in [0.05, 0.1) is 24.2 Å². The Kier molecular flexibility index (Phi) is 6.66. The molecule has 1 aliphatic rings. The maximum absolute atomic E-state index is 12.4. The van der Waals surface area contributed by atoms with Crippen molar-refractivity contribution in [3.8, 4) is 5.75 Å². The number of ether oxygens (including phenoxy) is 2. The summed E-state index contributed by atoms with van der Waals surface area (Å²) >= 11 is 13.1. The number of benzene rings is 1. The van der Waals surface area contributed by atoms with Crippen molar-refractivity contribution in [2.45, 2.75) is 19.9 Å². The second-order valence-corrected chi connectivity index (χ2v) is 8.25. The van der Waals surface area contributed by atoms with E-state index in [1.807, 2.05) is 0 Å². The summed E-state index contributed by atoms with van der Waals surface area (Å²) in [5.41, 5.74) is 1.13. The number of hydrogen-bond acceptors (Lipinski definition) is 6. The molecule has 0 saturated heterocycles. The molecule has 2 amide bonds. The van der Waals surface area contributed by atoms with Gasteiger partial charge in [-0.3, -0.25) is 9.59 Å². The molecule has 1 aromatic heterocycles. The van der Waals surface area contributed by atoms with Crippen molar-refractivity contribution in [3.63, 3.8) is 0 Å². The van der Waals surface area contributed by atoms with E-state index in [4.69, 9.17) is 32.7 Å². The van der Waals surface area contributed by atoms with E-state index < -0.39 is 11.9 Å². The fourth-order valence-electron chi connectivity index (χ4n) is 2.98. The molecular weight excluding hydrogens is 439 g/mol. The van der Waals surface area contributed by atoms with Crippen LogP contribution in [0.2, 0.25) is 10.0 Å². The van der Waals surface area contributed by atoms with E-state index in [2.05, 4.69) is 5.32 Å². The topological polar surface area (TPSA) is 84.9 Å². The summed E-state index contributed by atoms with van der Waals surface area (Å²) in [5.74, 6) is -0.705. The average molecular weight is 457 g/mol. The van der Waals surface area contributed by atoms with Gasteiger partial charge in [0.15, 0.2) is 6.61 Å². The van der Waals surface area contributed by atoms with E-state index in [0.29, 0.717) is 40.8 Å². The minimum atomic E-state index is -0.532. The zero-order chi connectivity index (χ0) is 21.1. The van der Waals surface area contributed by atoms with Crippen molar-refractivity contribution in [2.24, 2.45) is 0 Å². The Bertz CT molecular complexity index is 976. The van der Waals surface area contributed by atoms with Crippen molar-refractivity contribution >= 4 is 57.3 Å². The minimum absolute atomic E-state index is 0.0394. The minimum Gasteiger partial charge on any atom is -0.482 e. The van der Waals surface area contributed by atoms with Crippen LogP contribution in [0.15, 0.2) is 18.2 Å². The number of anilines is 1. The molecule has 7 nitrogen and oxygen atoms in total. The maximum atomic E-state index is 12.4. The molecule has 0 atom stereocenters. The van der Waals surface area contributed by atoms with Crippen LogP contribution < -0.4 is 10.1 Å². The molecule has 1 aliphatic heterocycles. The Morgan fingerprint density at radius 3 is 2.69 bits per heavy atom. The first-order valence-corrected chi connectivity index (χ1v) is 10.2. The summed E-state index contributed by atoms with van der Waals surface area (Å²) in [6.07, 6.45) is 0.516. The molecule has 2 heterocycles. The Morgan fingerprint density at radius 1 is 1.28 bits per heavy atom. The number of halogens is 2. The van der Waals surface area contributed by atoms with Crippen molar-refractivity contribution in [1.82, 2.24) is 4.90 Å². The van der Waals surface area contributed by atoms with Crippen molar-refractivity contribution < 1.29 is 23.9 Å². The van der Waals surface area contributed by atoms with Crippen LogP contribution in [0.4, 0.5) is 5.00 Å². The molecule has 2 aromatic rings. The van der Waals surface area contributed by atoms with Crippen LogP contribution in [0.5, 0.6) is 5.75 Å². The normalized spacial score (nSPS) is 12.9. The second kappa shape index (κ2) is 9.02. The first kappa shape index (κ1) is 21.4. The summed E-state index contributed by atoms with van der Waals surface area (Å²) in [4.78, 5) is 38.9. The van der Waals surface area contributed by atoms with Gasteiger partial charge in [0, 0.05) is 23.4 Å². The number of carbonyl (C=O) groups is 3. The van der Waals surface area contributed by atoms with E-state index in [9.17, 15) is 14.4 Å². The van der Waals surface area contributed by atoms with Crippen LogP contribution >= 0.6 is 34.5 Å². The smallest absolute Gasteiger partial charge is 0.341 e. The van der Waals surface area contributed by atoms with Crippen LogP contribution in [-0.2, 0) is 27.3 Å². The van der Waals surface area contributed by atoms with Gasteiger partial charge in [-0.2, -0.15) is 0 Å². The summed E-state index contributed by atoms with van der Waals surface area (Å²) in [7, 11) is 1.29. The SMILES string of the molecule is COC(=O)c1c(NC(=O)COc2ccc(Cl)cc2Cl)sc2c1CCN(C(C)=O)C2. The largest absolute Gasteiger partial charge is 0.482 e. The molecular formula is C19H18Cl2N2O5S. The van der Waals surface area contributed by atoms with E-state index in [-0.39, 0.29) is 17.5 Å². The van der Waals surface area contributed by atoms with E-state index in [1.54, 1.807) is 17.0 Å². The predicted molar refractivity (Wildman–Crippen MR) is 111 cm³/mol. The van der Waals surface area contributed by atoms with Crippen LogP contribution in [-0.4, -0.2) is 42.9 Å². The monoisotopic (exact) mass is 456 g/mol. The summed E-state index contributed by atoms with van der Waals surface area (Å²) in [6.45, 7) is 2.10. The highest BCUT2D eigenvalue weighted by Gasteiger charge is 2.30. The third-order valence-corrected chi connectivity index (χ3v) is 6.06. The zero-order valence-corrected chi connectivity index (χ0v) is 18.0. The Morgan fingerprint density at radius 2 is 2.03 bits per heavy atom. The third kappa shape index (κ3) is 4.83. The number of hydrogen-bond donors (Lipinski definition) is 1. The van der Waals surface area contributed by atoms with E-state index >= 15 is 0 Å². The molecule has 0 radical (unpaired) electrons. The molecule has 0 saturated carbocycles. The second-order valence-electron chi connectivity index (χ2n) is 6.30. The highest BCUT2D eigenvalue weighted by molar-refractivity contribution is 7.17.